The fraction of sp³-hybridized carbons (Fsp3) is 0.263. The van der Waals surface area contributed by atoms with Gasteiger partial charge < -0.3 is 4.74 Å². The molecular formula is C19H20O3. The van der Waals surface area contributed by atoms with Crippen molar-refractivity contribution in [3.63, 3.8) is 0 Å². The van der Waals surface area contributed by atoms with E-state index in [1.54, 1.807) is 48.5 Å². The molecule has 3 heteroatoms. The molecule has 2 aromatic rings. The van der Waals surface area contributed by atoms with Crippen LogP contribution in [0.1, 0.15) is 46.9 Å². The summed E-state index contributed by atoms with van der Waals surface area (Å²) in [6.45, 7) is 2.78. The first-order valence-electron chi connectivity index (χ1n) is 7.55. The first kappa shape index (κ1) is 16.0. The predicted octanol–water partition coefficient (Wildman–Crippen LogP) is 4.32. The van der Waals surface area contributed by atoms with Crippen LogP contribution in [0.25, 0.3) is 0 Å². The van der Waals surface area contributed by atoms with E-state index in [1.165, 1.54) is 0 Å². The maximum Gasteiger partial charge on any atom is 0.170 e. The minimum Gasteiger partial charge on any atom is -0.494 e. The van der Waals surface area contributed by atoms with Crippen LogP contribution in [-0.2, 0) is 0 Å². The molecule has 0 spiro atoms. The second kappa shape index (κ2) is 8.13. The van der Waals surface area contributed by atoms with Crippen molar-refractivity contribution in [1.82, 2.24) is 0 Å². The Labute approximate surface area is 130 Å². The van der Waals surface area contributed by atoms with Gasteiger partial charge in [0.1, 0.15) is 5.75 Å². The van der Waals surface area contributed by atoms with Crippen molar-refractivity contribution in [3.05, 3.63) is 65.7 Å². The Bertz CT molecular complexity index is 615. The largest absolute Gasteiger partial charge is 0.494 e. The molecule has 114 valence electrons. The van der Waals surface area contributed by atoms with Crippen LogP contribution in [-0.4, -0.2) is 18.2 Å². The maximum absolute atomic E-state index is 12.1. The Morgan fingerprint density at radius 1 is 0.864 bits per heavy atom. The fourth-order valence-corrected chi connectivity index (χ4v) is 2.05. The van der Waals surface area contributed by atoms with E-state index in [-0.39, 0.29) is 18.0 Å². The van der Waals surface area contributed by atoms with Crippen molar-refractivity contribution in [1.29, 1.82) is 0 Å². The standard InChI is InChI=1S/C19H20O3/c1-2-3-13-22-17-11-9-16(10-12-17)19(21)14-18(20)15-7-5-4-6-8-15/h4-12H,2-3,13-14H2,1H3. The first-order chi connectivity index (χ1) is 10.7. The summed E-state index contributed by atoms with van der Waals surface area (Å²) in [4.78, 5) is 24.2. The van der Waals surface area contributed by atoms with Gasteiger partial charge in [0.15, 0.2) is 11.6 Å². The van der Waals surface area contributed by atoms with Gasteiger partial charge in [0.2, 0.25) is 0 Å². The van der Waals surface area contributed by atoms with Gasteiger partial charge in [0.05, 0.1) is 13.0 Å². The summed E-state index contributed by atoms with van der Waals surface area (Å²) in [5.41, 5.74) is 1.10. The van der Waals surface area contributed by atoms with E-state index >= 15 is 0 Å². The highest BCUT2D eigenvalue weighted by molar-refractivity contribution is 6.13. The van der Waals surface area contributed by atoms with Crippen LogP contribution in [0.5, 0.6) is 5.75 Å². The summed E-state index contributed by atoms with van der Waals surface area (Å²) in [5, 5.41) is 0. The number of benzene rings is 2. The third-order valence-corrected chi connectivity index (χ3v) is 3.36. The molecule has 0 heterocycles. The van der Waals surface area contributed by atoms with Gasteiger partial charge in [-0.15, -0.1) is 0 Å². The summed E-state index contributed by atoms with van der Waals surface area (Å²) in [5.74, 6) is 0.419. The summed E-state index contributed by atoms with van der Waals surface area (Å²) in [6.07, 6.45) is 1.98. The molecule has 3 nitrogen and oxygen atoms in total. The van der Waals surface area contributed by atoms with E-state index in [0.29, 0.717) is 17.7 Å². The van der Waals surface area contributed by atoms with E-state index in [2.05, 4.69) is 6.92 Å². The Kier molecular flexibility index (Phi) is 5.90. The SMILES string of the molecule is CCCCOc1ccc(C(=O)CC(=O)c2ccccc2)cc1. The number of ketones is 2. The molecule has 0 radical (unpaired) electrons. The molecule has 0 atom stereocenters. The van der Waals surface area contributed by atoms with E-state index in [0.717, 1.165) is 18.6 Å². The zero-order valence-corrected chi connectivity index (χ0v) is 12.7. The number of rotatable bonds is 8. The van der Waals surface area contributed by atoms with E-state index < -0.39 is 0 Å². The molecule has 22 heavy (non-hydrogen) atoms. The van der Waals surface area contributed by atoms with Gasteiger partial charge in [-0.05, 0) is 30.7 Å². The second-order valence-electron chi connectivity index (χ2n) is 5.12. The molecule has 0 aliphatic carbocycles. The summed E-state index contributed by atoms with van der Waals surface area (Å²) in [7, 11) is 0. The van der Waals surface area contributed by atoms with Crippen molar-refractivity contribution < 1.29 is 14.3 Å². The lowest BCUT2D eigenvalue weighted by Crippen LogP contribution is -2.08. The lowest BCUT2D eigenvalue weighted by atomic mass is 10.0. The van der Waals surface area contributed by atoms with Crippen LogP contribution in [0, 0.1) is 0 Å². The minimum absolute atomic E-state index is 0.111. The second-order valence-corrected chi connectivity index (χ2v) is 5.12. The number of Topliss-reactive ketones (excluding diaryl/α,β-unsaturated/α-hetero) is 2. The average molecular weight is 296 g/mol. The smallest absolute Gasteiger partial charge is 0.170 e. The highest BCUT2D eigenvalue weighted by Gasteiger charge is 2.13. The number of ether oxygens (including phenoxy) is 1. The highest BCUT2D eigenvalue weighted by Crippen LogP contribution is 2.15. The first-order valence-corrected chi connectivity index (χ1v) is 7.55. The molecule has 0 N–H and O–H groups in total. The molecule has 0 aromatic heterocycles. The molecule has 0 fully saturated rings. The molecule has 2 rings (SSSR count). The third kappa shape index (κ3) is 4.55. The number of carbonyl (C=O) groups is 2. The van der Waals surface area contributed by atoms with Crippen LogP contribution in [0.15, 0.2) is 54.6 Å². The molecule has 0 saturated heterocycles. The molecule has 0 bridgehead atoms. The van der Waals surface area contributed by atoms with Gasteiger partial charge in [-0.25, -0.2) is 0 Å². The molecule has 2 aromatic carbocycles. The number of hydrogen-bond acceptors (Lipinski definition) is 3. The van der Waals surface area contributed by atoms with Crippen LogP contribution in [0.4, 0.5) is 0 Å². The van der Waals surface area contributed by atoms with Gasteiger partial charge in [-0.3, -0.25) is 9.59 Å². The van der Waals surface area contributed by atoms with Crippen LogP contribution < -0.4 is 4.74 Å². The molecule has 0 saturated carbocycles. The average Bonchev–Trinajstić information content (AvgIpc) is 2.56. The zero-order valence-electron chi connectivity index (χ0n) is 12.7. The lowest BCUT2D eigenvalue weighted by molar-refractivity contribution is 0.0894. The van der Waals surface area contributed by atoms with Crippen molar-refractivity contribution in [3.8, 4) is 5.75 Å². The van der Waals surface area contributed by atoms with Crippen molar-refractivity contribution in [2.24, 2.45) is 0 Å². The third-order valence-electron chi connectivity index (χ3n) is 3.36. The van der Waals surface area contributed by atoms with E-state index in [9.17, 15) is 9.59 Å². The van der Waals surface area contributed by atoms with Crippen molar-refractivity contribution in [2.45, 2.75) is 26.2 Å². The van der Waals surface area contributed by atoms with Gasteiger partial charge >= 0.3 is 0 Å². The van der Waals surface area contributed by atoms with E-state index in [4.69, 9.17) is 4.74 Å². The zero-order chi connectivity index (χ0) is 15.8. The molecule has 0 aliphatic rings. The van der Waals surface area contributed by atoms with Crippen LogP contribution >= 0.6 is 0 Å². The topological polar surface area (TPSA) is 43.4 Å². The van der Waals surface area contributed by atoms with Crippen molar-refractivity contribution >= 4 is 11.6 Å². The van der Waals surface area contributed by atoms with Gasteiger partial charge in [0.25, 0.3) is 0 Å². The van der Waals surface area contributed by atoms with E-state index in [1.807, 2.05) is 6.07 Å². The lowest BCUT2D eigenvalue weighted by Gasteiger charge is -2.06. The van der Waals surface area contributed by atoms with Crippen LogP contribution in [0.3, 0.4) is 0 Å². The Morgan fingerprint density at radius 2 is 1.45 bits per heavy atom. The minimum atomic E-state index is -0.172. The summed E-state index contributed by atoms with van der Waals surface area (Å²) >= 11 is 0. The summed E-state index contributed by atoms with van der Waals surface area (Å²) in [6, 6.07) is 15.8. The van der Waals surface area contributed by atoms with Crippen molar-refractivity contribution in [2.75, 3.05) is 6.61 Å². The van der Waals surface area contributed by atoms with Gasteiger partial charge in [0, 0.05) is 11.1 Å². The number of carbonyl (C=O) groups excluding carboxylic acids is 2. The highest BCUT2D eigenvalue weighted by atomic mass is 16.5. The fourth-order valence-electron chi connectivity index (χ4n) is 2.05. The molecule has 0 amide bonds. The normalized spacial score (nSPS) is 10.2. The number of hydrogen-bond donors (Lipinski definition) is 0. The Morgan fingerprint density at radius 3 is 2.05 bits per heavy atom. The predicted molar refractivity (Wildman–Crippen MR) is 86.6 cm³/mol. The Hall–Kier alpha value is -2.42. The molecule has 0 unspecified atom stereocenters. The monoisotopic (exact) mass is 296 g/mol. The molecular weight excluding hydrogens is 276 g/mol. The summed E-state index contributed by atoms with van der Waals surface area (Å²) < 4.78 is 5.55. The van der Waals surface area contributed by atoms with Gasteiger partial charge in [-0.1, -0.05) is 43.7 Å². The quantitative estimate of drug-likeness (QED) is 0.414. The van der Waals surface area contributed by atoms with Gasteiger partial charge in [-0.2, -0.15) is 0 Å². The maximum atomic E-state index is 12.1. The van der Waals surface area contributed by atoms with Crippen LogP contribution in [0.2, 0.25) is 0 Å². The molecule has 0 aliphatic heterocycles. The number of unbranched alkanes of at least 4 members (excludes halogenated alkanes) is 1. The Balaban J connectivity index is 1.94.